The summed E-state index contributed by atoms with van der Waals surface area (Å²) in [6.07, 6.45) is 0.763. The van der Waals surface area contributed by atoms with E-state index >= 15 is 0 Å². The molecule has 0 aromatic heterocycles. The monoisotopic (exact) mass is 177 g/mol. The van der Waals surface area contributed by atoms with E-state index < -0.39 is 5.97 Å². The molecule has 13 heavy (non-hydrogen) atoms. The van der Waals surface area contributed by atoms with Crippen LogP contribution in [0.25, 0.3) is 0 Å². The summed E-state index contributed by atoms with van der Waals surface area (Å²) in [5, 5.41) is 8.71. The molecule has 2 rings (SSSR count). The first-order valence-electron chi connectivity index (χ1n) is 4.26. The Morgan fingerprint density at radius 1 is 1.38 bits per heavy atom. The van der Waals surface area contributed by atoms with Gasteiger partial charge in [-0.15, -0.1) is 0 Å². The largest absolute Gasteiger partial charge is 0.481 e. The van der Waals surface area contributed by atoms with Gasteiger partial charge in [0.25, 0.3) is 0 Å². The van der Waals surface area contributed by atoms with Crippen molar-refractivity contribution in [3.8, 4) is 0 Å². The summed E-state index contributed by atoms with van der Waals surface area (Å²) in [5.41, 5.74) is 7.33. The summed E-state index contributed by atoms with van der Waals surface area (Å²) in [6.45, 7) is 0. The number of carboxylic acids is 1. The Balaban J connectivity index is 2.12. The average molecular weight is 177 g/mol. The van der Waals surface area contributed by atoms with Crippen LogP contribution in [0, 0.1) is 5.92 Å². The van der Waals surface area contributed by atoms with Crippen molar-refractivity contribution < 1.29 is 9.90 Å². The van der Waals surface area contributed by atoms with E-state index in [1.807, 2.05) is 24.3 Å². The van der Waals surface area contributed by atoms with Crippen LogP contribution in [-0.4, -0.2) is 11.1 Å². The number of benzene rings is 1. The molecule has 0 bridgehead atoms. The fraction of sp³-hybridized carbons (Fsp3) is 0.300. The average Bonchev–Trinajstić information content (AvgIpc) is 2.85. The van der Waals surface area contributed by atoms with Crippen molar-refractivity contribution in [2.75, 3.05) is 5.73 Å². The van der Waals surface area contributed by atoms with Crippen LogP contribution in [0.1, 0.15) is 17.9 Å². The first-order chi connectivity index (χ1) is 6.18. The molecule has 3 N–H and O–H groups in total. The summed E-state index contributed by atoms with van der Waals surface area (Å²) in [7, 11) is 0. The molecule has 1 aromatic carbocycles. The van der Waals surface area contributed by atoms with Gasteiger partial charge in [-0.05, 0) is 30.0 Å². The van der Waals surface area contributed by atoms with Crippen molar-refractivity contribution in [1.82, 2.24) is 0 Å². The maximum Gasteiger partial charge on any atom is 0.307 e. The summed E-state index contributed by atoms with van der Waals surface area (Å²) in [5.74, 6) is -0.663. The molecular weight excluding hydrogens is 166 g/mol. The van der Waals surface area contributed by atoms with Crippen LogP contribution in [-0.2, 0) is 4.79 Å². The van der Waals surface area contributed by atoms with Crippen LogP contribution in [0.5, 0.6) is 0 Å². The van der Waals surface area contributed by atoms with Crippen LogP contribution in [0.2, 0.25) is 0 Å². The third-order valence-corrected chi connectivity index (χ3v) is 2.47. The van der Waals surface area contributed by atoms with Gasteiger partial charge in [-0.2, -0.15) is 0 Å². The highest BCUT2D eigenvalue weighted by atomic mass is 16.4. The third-order valence-electron chi connectivity index (χ3n) is 2.47. The standard InChI is InChI=1S/C10H11NO2/c11-7-3-1-6(2-4-7)8-5-9(8)10(12)13/h1-4,8-9H,5,11H2,(H,12,13)/t8-,9-/m0/s1. The molecule has 1 aliphatic rings. The molecule has 3 heteroatoms. The lowest BCUT2D eigenvalue weighted by Gasteiger charge is -1.98. The molecule has 1 aliphatic carbocycles. The summed E-state index contributed by atoms with van der Waals surface area (Å²) in [4.78, 5) is 10.6. The van der Waals surface area contributed by atoms with Crippen molar-refractivity contribution >= 4 is 11.7 Å². The fourth-order valence-electron chi connectivity index (χ4n) is 1.58. The number of aliphatic carboxylic acids is 1. The normalized spacial score (nSPS) is 25.5. The molecule has 0 radical (unpaired) electrons. The second kappa shape index (κ2) is 2.76. The van der Waals surface area contributed by atoms with E-state index in [1.54, 1.807) is 0 Å². The highest BCUT2D eigenvalue weighted by molar-refractivity contribution is 5.75. The third kappa shape index (κ3) is 1.49. The maximum absolute atomic E-state index is 10.6. The van der Waals surface area contributed by atoms with E-state index in [1.165, 1.54) is 0 Å². The fourth-order valence-corrected chi connectivity index (χ4v) is 1.58. The molecule has 3 nitrogen and oxygen atoms in total. The van der Waals surface area contributed by atoms with Gasteiger partial charge in [0.15, 0.2) is 0 Å². The predicted octanol–water partition coefficient (Wildman–Crippen LogP) is 1.46. The second-order valence-electron chi connectivity index (χ2n) is 3.45. The topological polar surface area (TPSA) is 63.3 Å². The number of anilines is 1. The zero-order valence-corrected chi connectivity index (χ0v) is 7.10. The van der Waals surface area contributed by atoms with E-state index in [0.717, 1.165) is 17.7 Å². The zero-order valence-electron chi connectivity index (χ0n) is 7.10. The number of hydrogen-bond acceptors (Lipinski definition) is 2. The molecule has 2 atom stereocenters. The van der Waals surface area contributed by atoms with Gasteiger partial charge in [0, 0.05) is 5.69 Å². The van der Waals surface area contributed by atoms with Gasteiger partial charge in [-0.1, -0.05) is 12.1 Å². The Hall–Kier alpha value is -1.51. The molecule has 0 heterocycles. The SMILES string of the molecule is Nc1ccc([C@@H]2C[C@@H]2C(=O)O)cc1. The van der Waals surface area contributed by atoms with E-state index in [2.05, 4.69) is 0 Å². The smallest absolute Gasteiger partial charge is 0.307 e. The Morgan fingerprint density at radius 2 is 2.00 bits per heavy atom. The first kappa shape index (κ1) is 8.10. The predicted molar refractivity (Wildman–Crippen MR) is 49.3 cm³/mol. The molecule has 68 valence electrons. The van der Waals surface area contributed by atoms with Crippen LogP contribution >= 0.6 is 0 Å². The molecule has 0 unspecified atom stereocenters. The quantitative estimate of drug-likeness (QED) is 0.672. The van der Waals surface area contributed by atoms with Crippen LogP contribution in [0.4, 0.5) is 5.69 Å². The number of carboxylic acid groups (broad SMARTS) is 1. The number of carbonyl (C=O) groups is 1. The van der Waals surface area contributed by atoms with Gasteiger partial charge in [0.1, 0.15) is 0 Å². The van der Waals surface area contributed by atoms with Crippen molar-refractivity contribution in [3.63, 3.8) is 0 Å². The second-order valence-corrected chi connectivity index (χ2v) is 3.45. The number of rotatable bonds is 2. The lowest BCUT2D eigenvalue weighted by Crippen LogP contribution is -1.98. The highest BCUT2D eigenvalue weighted by Crippen LogP contribution is 2.47. The Kier molecular flexibility index (Phi) is 1.72. The number of nitrogens with two attached hydrogens (primary N) is 1. The molecule has 0 amide bonds. The molecule has 0 spiro atoms. The molecule has 1 aromatic rings. The van der Waals surface area contributed by atoms with Crippen LogP contribution in [0.3, 0.4) is 0 Å². The van der Waals surface area contributed by atoms with E-state index in [9.17, 15) is 4.79 Å². The van der Waals surface area contributed by atoms with Gasteiger partial charge < -0.3 is 10.8 Å². The molecular formula is C10H11NO2. The van der Waals surface area contributed by atoms with E-state index in [4.69, 9.17) is 10.8 Å². The summed E-state index contributed by atoms with van der Waals surface area (Å²) in [6, 6.07) is 7.44. The zero-order chi connectivity index (χ0) is 9.42. The Labute approximate surface area is 76.2 Å². The summed E-state index contributed by atoms with van der Waals surface area (Å²) < 4.78 is 0. The van der Waals surface area contributed by atoms with Gasteiger partial charge in [-0.25, -0.2) is 0 Å². The van der Waals surface area contributed by atoms with Crippen molar-refractivity contribution in [2.24, 2.45) is 5.92 Å². The van der Waals surface area contributed by atoms with Gasteiger partial charge in [0.05, 0.1) is 5.92 Å². The maximum atomic E-state index is 10.6. The first-order valence-corrected chi connectivity index (χ1v) is 4.26. The van der Waals surface area contributed by atoms with Crippen molar-refractivity contribution in [3.05, 3.63) is 29.8 Å². The highest BCUT2D eigenvalue weighted by Gasteiger charge is 2.43. The minimum atomic E-state index is -0.693. The minimum absolute atomic E-state index is 0.177. The van der Waals surface area contributed by atoms with E-state index in [0.29, 0.717) is 0 Å². The van der Waals surface area contributed by atoms with Gasteiger partial charge in [-0.3, -0.25) is 4.79 Å². The molecule has 0 aliphatic heterocycles. The van der Waals surface area contributed by atoms with E-state index in [-0.39, 0.29) is 11.8 Å². The number of hydrogen-bond donors (Lipinski definition) is 2. The van der Waals surface area contributed by atoms with Crippen LogP contribution in [0.15, 0.2) is 24.3 Å². The molecule has 0 saturated heterocycles. The Morgan fingerprint density at radius 3 is 2.46 bits per heavy atom. The Bertz CT molecular complexity index is 331. The molecule has 1 saturated carbocycles. The lowest BCUT2D eigenvalue weighted by atomic mass is 10.1. The summed E-state index contributed by atoms with van der Waals surface area (Å²) >= 11 is 0. The molecule has 1 fully saturated rings. The van der Waals surface area contributed by atoms with Gasteiger partial charge in [0.2, 0.25) is 0 Å². The lowest BCUT2D eigenvalue weighted by molar-refractivity contribution is -0.138. The number of nitrogen functional groups attached to an aromatic ring is 1. The van der Waals surface area contributed by atoms with Crippen molar-refractivity contribution in [2.45, 2.75) is 12.3 Å². The van der Waals surface area contributed by atoms with Gasteiger partial charge >= 0.3 is 5.97 Å². The van der Waals surface area contributed by atoms with Crippen LogP contribution < -0.4 is 5.73 Å². The van der Waals surface area contributed by atoms with Crippen molar-refractivity contribution in [1.29, 1.82) is 0 Å². The minimum Gasteiger partial charge on any atom is -0.481 e.